The van der Waals surface area contributed by atoms with E-state index in [0.717, 1.165) is 36.3 Å². The van der Waals surface area contributed by atoms with Crippen LogP contribution in [0, 0.1) is 0 Å². The highest BCUT2D eigenvalue weighted by atomic mass is 32.2. The molecule has 12 nitrogen and oxygen atoms in total. The van der Waals surface area contributed by atoms with Crippen molar-refractivity contribution in [3.05, 3.63) is 118 Å². The Labute approximate surface area is 249 Å². The first-order valence-electron chi connectivity index (χ1n) is 13.5. The molecule has 0 saturated carbocycles. The van der Waals surface area contributed by atoms with E-state index in [1.54, 1.807) is 42.6 Å². The number of esters is 1. The van der Waals surface area contributed by atoms with Crippen molar-refractivity contribution in [3.8, 4) is 0 Å². The van der Waals surface area contributed by atoms with Gasteiger partial charge in [0.15, 0.2) is 0 Å². The molecule has 1 heterocycles. The number of aryl methyl sites for hydroxylation is 1. The Morgan fingerprint density at radius 1 is 1.05 bits per heavy atom. The maximum Gasteiger partial charge on any atom is 0.339 e. The van der Waals surface area contributed by atoms with Crippen molar-refractivity contribution < 1.29 is 22.7 Å². The molecule has 0 spiro atoms. The lowest BCUT2D eigenvalue weighted by Crippen LogP contribution is -2.30. The summed E-state index contributed by atoms with van der Waals surface area (Å²) in [6.07, 6.45) is 4.56. The molecule has 43 heavy (non-hydrogen) atoms. The number of ether oxygens (including phenoxy) is 1. The van der Waals surface area contributed by atoms with E-state index in [0.29, 0.717) is 24.3 Å². The molecule has 13 heteroatoms. The zero-order valence-electron chi connectivity index (χ0n) is 23.7. The molecule has 0 fully saturated rings. The van der Waals surface area contributed by atoms with Crippen LogP contribution in [0.25, 0.3) is 10.4 Å². The van der Waals surface area contributed by atoms with Crippen molar-refractivity contribution in [2.45, 2.75) is 44.2 Å². The lowest BCUT2D eigenvalue weighted by molar-refractivity contribution is 0.0601. The number of aromatic nitrogens is 2. The van der Waals surface area contributed by atoms with Gasteiger partial charge >= 0.3 is 5.97 Å². The molecule has 0 atom stereocenters. The first-order valence-corrected chi connectivity index (χ1v) is 15.0. The van der Waals surface area contributed by atoms with Crippen LogP contribution >= 0.6 is 0 Å². The molecule has 0 aliphatic heterocycles. The number of azide groups is 1. The van der Waals surface area contributed by atoms with E-state index in [2.05, 4.69) is 31.8 Å². The molecule has 222 valence electrons. The number of hydrogen-bond donors (Lipinski definition) is 2. The quantitative estimate of drug-likeness (QED) is 0.0853. The number of nitrogens with zero attached hydrogens (tertiary/aromatic N) is 5. The summed E-state index contributed by atoms with van der Waals surface area (Å²) in [7, 11) is -2.94. The van der Waals surface area contributed by atoms with E-state index < -0.39 is 21.9 Å². The number of anilines is 1. The molecular weight excluding hydrogens is 570 g/mol. The molecule has 0 bridgehead atoms. The van der Waals surface area contributed by atoms with Crippen LogP contribution in [0.3, 0.4) is 0 Å². The maximum absolute atomic E-state index is 12.8. The minimum atomic E-state index is -4.28. The summed E-state index contributed by atoms with van der Waals surface area (Å²) in [5, 5.41) is 6.71. The molecule has 0 radical (unpaired) electrons. The zero-order valence-corrected chi connectivity index (χ0v) is 24.5. The van der Waals surface area contributed by atoms with Crippen molar-refractivity contribution in [2.75, 3.05) is 12.4 Å². The van der Waals surface area contributed by atoms with Crippen LogP contribution in [0.4, 0.5) is 11.4 Å². The van der Waals surface area contributed by atoms with Crippen molar-refractivity contribution in [1.29, 1.82) is 0 Å². The first kappa shape index (κ1) is 30.8. The van der Waals surface area contributed by atoms with Crippen LogP contribution in [-0.2, 0) is 34.3 Å². The summed E-state index contributed by atoms with van der Waals surface area (Å²) < 4.78 is 34.7. The van der Waals surface area contributed by atoms with Gasteiger partial charge in [-0.05, 0) is 47.8 Å². The number of imidazole rings is 1. The standard InChI is InChI=1S/C30H31N7O5S/c1-3-4-13-28-33-19-23(18-32-25-10-6-5-9-24(25)30(39)42-2)37(28)20-21-14-16-22(17-15-21)29(38)35-43(40,41)27-12-8-7-11-26(27)34-36-31/h5-12,14-17,19,32H,3-4,13,18,20H2,1-2H3,(H,35,38). The van der Waals surface area contributed by atoms with Crippen LogP contribution in [0.1, 0.15) is 57.6 Å². The third kappa shape index (κ3) is 7.59. The smallest absolute Gasteiger partial charge is 0.339 e. The third-order valence-corrected chi connectivity index (χ3v) is 8.04. The van der Waals surface area contributed by atoms with Crippen LogP contribution in [0.15, 0.2) is 89.0 Å². The number of sulfonamides is 1. The largest absolute Gasteiger partial charge is 0.465 e. The van der Waals surface area contributed by atoms with E-state index in [1.165, 1.54) is 31.4 Å². The Balaban J connectivity index is 1.51. The number of nitrogens with one attached hydrogen (secondary N) is 2. The second-order valence-electron chi connectivity index (χ2n) is 9.53. The summed E-state index contributed by atoms with van der Waals surface area (Å²) in [5.41, 5.74) is 11.6. The number of hydrogen-bond acceptors (Lipinski definition) is 8. The highest BCUT2D eigenvalue weighted by Gasteiger charge is 2.21. The van der Waals surface area contributed by atoms with E-state index >= 15 is 0 Å². The monoisotopic (exact) mass is 601 g/mol. The fourth-order valence-corrected chi connectivity index (χ4v) is 5.54. The Bertz CT molecular complexity index is 1760. The van der Waals surface area contributed by atoms with Crippen molar-refractivity contribution >= 4 is 33.3 Å². The molecule has 4 aromatic rings. The molecule has 4 rings (SSSR count). The van der Waals surface area contributed by atoms with Gasteiger partial charge in [0.2, 0.25) is 0 Å². The normalized spacial score (nSPS) is 10.9. The van der Waals surface area contributed by atoms with Crippen LogP contribution in [-0.4, -0.2) is 37.0 Å². The average molecular weight is 602 g/mol. The van der Waals surface area contributed by atoms with Gasteiger partial charge in [-0.2, -0.15) is 0 Å². The molecule has 2 N–H and O–H groups in total. The number of benzene rings is 3. The molecule has 0 aliphatic carbocycles. The van der Waals surface area contributed by atoms with E-state index in [-0.39, 0.29) is 16.1 Å². The fourth-order valence-electron chi connectivity index (χ4n) is 4.43. The van der Waals surface area contributed by atoms with Gasteiger partial charge < -0.3 is 14.6 Å². The predicted molar refractivity (Wildman–Crippen MR) is 161 cm³/mol. The van der Waals surface area contributed by atoms with E-state index in [1.807, 2.05) is 16.9 Å². The Kier molecular flexibility index (Phi) is 10.2. The van der Waals surface area contributed by atoms with Gasteiger partial charge in [-0.15, -0.1) is 0 Å². The summed E-state index contributed by atoms with van der Waals surface area (Å²) >= 11 is 0. The van der Waals surface area contributed by atoms with Gasteiger partial charge in [0.25, 0.3) is 15.9 Å². The molecule has 0 aliphatic rings. The molecular formula is C30H31N7O5S. The van der Waals surface area contributed by atoms with Gasteiger partial charge in [0.1, 0.15) is 5.82 Å². The average Bonchev–Trinajstić information content (AvgIpc) is 3.39. The first-order chi connectivity index (χ1) is 20.8. The molecule has 0 unspecified atom stereocenters. The molecule has 1 aromatic heterocycles. The Morgan fingerprint density at radius 3 is 2.49 bits per heavy atom. The lowest BCUT2D eigenvalue weighted by Gasteiger charge is -2.15. The molecule has 0 saturated heterocycles. The van der Waals surface area contributed by atoms with Crippen molar-refractivity contribution in [1.82, 2.24) is 14.3 Å². The summed E-state index contributed by atoms with van der Waals surface area (Å²) in [4.78, 5) is 32.0. The number of amides is 1. The number of carbonyl (C=O) groups excluding carboxylic acids is 2. The number of carbonyl (C=O) groups is 2. The van der Waals surface area contributed by atoms with Crippen LogP contribution in [0.2, 0.25) is 0 Å². The van der Waals surface area contributed by atoms with Crippen molar-refractivity contribution in [3.63, 3.8) is 0 Å². The highest BCUT2D eigenvalue weighted by Crippen LogP contribution is 2.24. The van der Waals surface area contributed by atoms with Crippen LogP contribution < -0.4 is 10.0 Å². The Morgan fingerprint density at radius 2 is 1.77 bits per heavy atom. The van der Waals surface area contributed by atoms with Crippen molar-refractivity contribution in [2.24, 2.45) is 5.11 Å². The number of unbranched alkanes of at least 4 members (excludes halogenated alkanes) is 1. The summed E-state index contributed by atoms with van der Waals surface area (Å²) in [6.45, 7) is 2.98. The lowest BCUT2D eigenvalue weighted by atomic mass is 10.1. The maximum atomic E-state index is 12.8. The predicted octanol–water partition coefficient (Wildman–Crippen LogP) is 5.73. The third-order valence-electron chi connectivity index (χ3n) is 6.66. The summed E-state index contributed by atoms with van der Waals surface area (Å²) in [6, 6.07) is 19.3. The number of methoxy groups -OCH3 is 1. The number of para-hydroxylation sites is 1. The second-order valence-corrected chi connectivity index (χ2v) is 11.2. The number of rotatable bonds is 13. The fraction of sp³-hybridized carbons (Fsp3) is 0.233. The van der Waals surface area contributed by atoms with Gasteiger partial charge in [-0.1, -0.05) is 60.9 Å². The summed E-state index contributed by atoms with van der Waals surface area (Å²) in [5.74, 6) is -0.341. The van der Waals surface area contributed by atoms with Gasteiger partial charge in [0, 0.05) is 29.1 Å². The van der Waals surface area contributed by atoms with E-state index in [9.17, 15) is 18.0 Å². The molecule has 1 amide bonds. The SMILES string of the molecule is CCCCc1ncc(CNc2ccccc2C(=O)OC)n1Cc1ccc(C(=O)NS(=O)(=O)c2ccccc2N=[N+]=[N-])cc1. The second kappa shape index (κ2) is 14.2. The highest BCUT2D eigenvalue weighted by molar-refractivity contribution is 7.90. The Hall–Kier alpha value is -5.13. The van der Waals surface area contributed by atoms with Crippen LogP contribution in [0.5, 0.6) is 0 Å². The minimum absolute atomic E-state index is 0.112. The van der Waals surface area contributed by atoms with Gasteiger partial charge in [-0.25, -0.2) is 22.9 Å². The van der Waals surface area contributed by atoms with Gasteiger partial charge in [-0.3, -0.25) is 4.79 Å². The molecule has 3 aromatic carbocycles. The van der Waals surface area contributed by atoms with Gasteiger partial charge in [0.05, 0.1) is 41.7 Å². The zero-order chi connectivity index (χ0) is 30.8. The minimum Gasteiger partial charge on any atom is -0.465 e. The van der Waals surface area contributed by atoms with E-state index in [4.69, 9.17) is 10.3 Å². The topological polar surface area (TPSA) is 168 Å².